The molecule has 440 valence electrons. The number of aryl methyl sites for hydroxylation is 1. The molecule has 13 nitrogen and oxygen atoms in total. The van der Waals surface area contributed by atoms with Crippen LogP contribution in [0.25, 0.3) is 22.2 Å². The van der Waals surface area contributed by atoms with E-state index < -0.39 is 11.8 Å². The molecule has 0 heterocycles. The zero-order chi connectivity index (χ0) is 63.7. The van der Waals surface area contributed by atoms with Gasteiger partial charge in [0.25, 0.3) is 0 Å². The van der Waals surface area contributed by atoms with Gasteiger partial charge in [0.1, 0.15) is 0 Å². The van der Waals surface area contributed by atoms with Crippen LogP contribution in [0.15, 0.2) is 218 Å². The molecule has 0 bridgehead atoms. The smallest absolute Gasteiger partial charge is 0.0532 e. The van der Waals surface area contributed by atoms with Gasteiger partial charge in [0.15, 0.2) is 6.03 Å². The predicted octanol–water partition coefficient (Wildman–Crippen LogP) is 16.6. The number of anilines is 9. The van der Waals surface area contributed by atoms with Gasteiger partial charge in [0.05, 0.1) is 11.8 Å². The Morgan fingerprint density at radius 3 is 1.05 bits per heavy atom. The number of urea groups is 1. The normalized spacial score (nSPS) is 9.00. The molecule has 4 radical (unpaired) electrons. The average Bonchev–Trinajstić information content (AvgIpc) is 3.75. The van der Waals surface area contributed by atoms with Gasteiger partial charge in [-0.1, -0.05) is 171 Å². The Labute approximate surface area is 644 Å². The topological polar surface area (TPSA) is 177 Å². The van der Waals surface area contributed by atoms with E-state index in [9.17, 15) is 14.4 Å². The Morgan fingerprint density at radius 2 is 0.750 bits per heavy atom. The first kappa shape index (κ1) is 84.5. The fourth-order valence-corrected chi connectivity index (χ4v) is 7.59. The van der Waals surface area contributed by atoms with Crippen molar-refractivity contribution >= 4 is 141 Å². The van der Waals surface area contributed by atoms with Crippen molar-refractivity contribution in [2.75, 3.05) is 38.3 Å². The Bertz CT molecular complexity index is 2990. The third-order valence-electron chi connectivity index (χ3n) is 10.4. The van der Waals surface area contributed by atoms with Gasteiger partial charge in [-0.3, -0.25) is 9.59 Å². The maximum absolute atomic E-state index is 11.5. The van der Waals surface area contributed by atoms with E-state index in [-0.39, 0.29) is 150 Å². The second kappa shape index (κ2) is 55.5. The summed E-state index contributed by atoms with van der Waals surface area (Å²) in [6.45, 7) is 2.10. The number of hydrogen-bond acceptors (Lipinski definition) is 8. The molecule has 0 aliphatic rings. The minimum Gasteiger partial charge on any atom is -0.724 e. The van der Waals surface area contributed by atoms with Crippen molar-refractivity contribution in [2.24, 2.45) is 0 Å². The number of halogens is 3. The summed E-state index contributed by atoms with van der Waals surface area (Å²) < 4.78 is 29.1. The van der Waals surface area contributed by atoms with Crippen LogP contribution < -0.4 is 37.5 Å². The average molecular weight is 1830 g/mol. The summed E-state index contributed by atoms with van der Waals surface area (Å²) in [5.41, 5.74) is 26.2. The first-order valence-corrected chi connectivity index (χ1v) is 37.0. The minimum absolute atomic E-state index is 0. The Hall–Kier alpha value is -1.55. The van der Waals surface area contributed by atoms with Gasteiger partial charge in [0, 0.05) is 195 Å². The predicted molar refractivity (Wildman–Crippen MR) is 368 cm³/mol. The van der Waals surface area contributed by atoms with Crippen LogP contribution in [-0.4, -0.2) is 38.0 Å². The molecule has 84 heavy (non-hydrogen) atoms. The monoisotopic (exact) mass is 1830 g/mol. The van der Waals surface area contributed by atoms with Crippen molar-refractivity contribution in [3.8, 4) is 0 Å². The first-order valence-electron chi connectivity index (χ1n) is 26.8. The standard InChI is InChI=1S/C15H18N3OP.C14H15N2OP.C14H14N2O.C13H14NP.CNO.4CH4.I3.4Y/c1-16-15(19)17(2)12-8-10-14(11-9-12)18(20)13-6-4-3-5-7-13;15-14(17)10-11-6-8-13(9-7-11)16(18)12-4-2-1-3-5-12;15-14(17)10-11-6-8-13(9-7-11)16-12-4-2-1-3-5-12;1-11-7-9-13(10-8-11)14(15)12-5-3-2-4-6-12;2-1-3;;;;;1-3-2;;;;/h3-11H,20H2,1-2H3,(H,16,19);1-9H,10,18H2,(H2,15,17);1-9,16H,10H2,(H2,15,17);2-10H,15H2,1H3;;4*1H4;;;;;/q;;;;-1;;;;;-1;;;;/p-3/i;;;;;4*1T;;;;;. The van der Waals surface area contributed by atoms with Gasteiger partial charge in [-0.25, -0.2) is 0 Å². The number of amides is 4. The van der Waals surface area contributed by atoms with Gasteiger partial charge in [-0.15, -0.1) is 0 Å². The molecule has 3 unspecified atom stereocenters. The molecule has 0 spiro atoms. The largest absolute Gasteiger partial charge is 0.724 e. The number of nitrogens with one attached hydrogen (secondary N) is 3. The molecule has 3 atom stereocenters. The number of para-hydroxylation sites is 4. The number of hydrogen-bond donors (Lipinski definition) is 1. The fourth-order valence-electron chi connectivity index (χ4n) is 6.55. The van der Waals surface area contributed by atoms with Crippen LogP contribution in [-0.2, 0) is 158 Å². The molecule has 0 fully saturated rings. The summed E-state index contributed by atoms with van der Waals surface area (Å²) in [4.78, 5) is 42.6. The van der Waals surface area contributed by atoms with Crippen molar-refractivity contribution in [2.45, 2.75) is 49.4 Å². The summed E-state index contributed by atoms with van der Waals surface area (Å²) in [5.74, 6) is -1.12. The first-order chi connectivity index (χ1) is 40.6. The Kier molecular flexibility index (Phi) is 55.8. The molecule has 0 aliphatic heterocycles. The number of isocyanates is 1. The maximum atomic E-state index is 11.5. The van der Waals surface area contributed by atoms with Crippen LogP contribution >= 0.6 is 65.4 Å². The van der Waals surface area contributed by atoms with Crippen molar-refractivity contribution < 1.29 is 169 Å². The number of benzene rings is 8. The van der Waals surface area contributed by atoms with Crippen LogP contribution in [0.2, 0.25) is 0 Å². The van der Waals surface area contributed by atoms with E-state index in [2.05, 4.69) is 124 Å². The summed E-state index contributed by atoms with van der Waals surface area (Å²) in [6, 6.07) is 71.3. The summed E-state index contributed by atoms with van der Waals surface area (Å²) >= 11 is 5.30. The van der Waals surface area contributed by atoms with Crippen molar-refractivity contribution in [3.63, 3.8) is 0 Å². The Balaban J connectivity index is -0.000000235. The van der Waals surface area contributed by atoms with Crippen LogP contribution in [0, 0.1) is 6.92 Å². The maximum Gasteiger partial charge on any atom is 0.0532 e. The van der Waals surface area contributed by atoms with E-state index in [1.807, 2.05) is 191 Å². The van der Waals surface area contributed by atoms with E-state index in [0.29, 0.717) is 19.3 Å². The molecule has 8 aromatic carbocycles. The van der Waals surface area contributed by atoms with Gasteiger partial charge in [0.2, 0.25) is 0 Å². The molecule has 0 aliphatic carbocycles. The van der Waals surface area contributed by atoms with Crippen molar-refractivity contribution in [3.05, 3.63) is 257 Å². The molecular formula is C61H74I3N9O4P3Y4-5. The molecule has 0 saturated carbocycles. The van der Waals surface area contributed by atoms with E-state index in [1.54, 1.807) is 7.05 Å². The summed E-state index contributed by atoms with van der Waals surface area (Å²) in [7, 11) is 16.3. The van der Waals surface area contributed by atoms with E-state index in [1.165, 1.54) is 58.5 Å². The zero-order valence-corrected chi connectivity index (χ0v) is 69.5. The van der Waals surface area contributed by atoms with E-state index >= 15 is 0 Å². The minimum atomic E-state index is -0.562. The molecule has 8 rings (SSSR count). The number of nitrogens with zero attached hydrogens (tertiary/aromatic N) is 6. The second-order valence-electron chi connectivity index (χ2n) is 15.7. The second-order valence-corrected chi connectivity index (χ2v) is 33.5. The van der Waals surface area contributed by atoms with E-state index in [0.717, 1.165) is 50.9 Å². The van der Waals surface area contributed by atoms with Gasteiger partial charge in [-0.05, 0) is 155 Å². The number of carbonyl (C=O) groups excluding carboxylic acids is 4. The van der Waals surface area contributed by atoms with Crippen LogP contribution in [0.1, 0.15) is 51.8 Å². The fraction of sp³-hybridized carbons (Fsp3) is 0.148. The van der Waals surface area contributed by atoms with Crippen LogP contribution in [0.3, 0.4) is 0 Å². The van der Waals surface area contributed by atoms with Crippen LogP contribution in [0.5, 0.6) is 0 Å². The zero-order valence-electron chi connectivity index (χ0n) is 52.2. The molecule has 23 heteroatoms. The quantitative estimate of drug-likeness (QED) is 0.0513. The molecular weight excluding hydrogens is 1750 g/mol. The third-order valence-corrected chi connectivity index (χ3v) is 12.2. The summed E-state index contributed by atoms with van der Waals surface area (Å²) in [5, 5.41) is 13.7. The molecule has 0 saturated heterocycles. The molecule has 0 aromatic heterocycles. The van der Waals surface area contributed by atoms with E-state index in [4.69, 9.17) is 27.2 Å². The molecule has 3 N–H and O–H groups in total. The van der Waals surface area contributed by atoms with Gasteiger partial charge >= 0.3 is 50.5 Å². The molecule has 4 amide bonds. The summed E-state index contributed by atoms with van der Waals surface area (Å²) in [6.07, 6.45) is 0.841. The SMILES string of the molecule is C[N-]C(=O)N(C)c1ccc(N(P)c2ccccc2)cc1.Cc1ccc(N(P)c2ccccc2)cc1.I[I-]I.[3H]C.[3H]C.[3H]C.[3H]C.[N-]=C=O.[NH-]C(=O)Cc1ccc(N(P)c2ccccc2)cc1.[NH-]C(=O)Cc1ccc(Nc2ccccc2)cc1.[Y].[Y].[Y].[Y]. The molecule has 8 aromatic rings. The van der Waals surface area contributed by atoms with Crippen LogP contribution in [0.4, 0.5) is 56.0 Å². The number of carbonyl (C=O) groups is 3. The van der Waals surface area contributed by atoms with Crippen molar-refractivity contribution in [1.29, 1.82) is 0 Å². The Morgan fingerprint density at radius 1 is 0.512 bits per heavy atom. The van der Waals surface area contributed by atoms with Gasteiger partial charge in [-0.2, -0.15) is 0 Å². The third kappa shape index (κ3) is 37.4. The van der Waals surface area contributed by atoms with Crippen molar-refractivity contribution in [1.82, 2.24) is 0 Å². The number of rotatable bonds is 13. The van der Waals surface area contributed by atoms with Gasteiger partial charge < -0.3 is 56.0 Å².